The predicted molar refractivity (Wildman–Crippen MR) is 71.7 cm³/mol. The van der Waals surface area contributed by atoms with E-state index >= 15 is 0 Å². The lowest BCUT2D eigenvalue weighted by Crippen LogP contribution is -2.33. The van der Waals surface area contributed by atoms with E-state index < -0.39 is 0 Å². The molecule has 0 amide bonds. The van der Waals surface area contributed by atoms with Crippen LogP contribution in [-0.4, -0.2) is 18.7 Å². The zero-order chi connectivity index (χ0) is 12.3. The molecule has 1 aliphatic carbocycles. The summed E-state index contributed by atoms with van der Waals surface area (Å²) in [6.45, 7) is 8.49. The third-order valence-electron chi connectivity index (χ3n) is 3.34. The van der Waals surface area contributed by atoms with Gasteiger partial charge in [-0.15, -0.1) is 0 Å². The second-order valence-electron chi connectivity index (χ2n) is 5.23. The molecule has 94 valence electrons. The largest absolute Gasteiger partial charge is 0.486 e. The first-order valence-electron chi connectivity index (χ1n) is 6.62. The summed E-state index contributed by atoms with van der Waals surface area (Å²) in [4.78, 5) is 0. The Labute approximate surface area is 104 Å². The van der Waals surface area contributed by atoms with Gasteiger partial charge in [-0.1, -0.05) is 24.6 Å². The van der Waals surface area contributed by atoms with Gasteiger partial charge in [-0.05, 0) is 51.3 Å². The van der Waals surface area contributed by atoms with Gasteiger partial charge in [0.1, 0.15) is 11.4 Å². The molecule has 17 heavy (non-hydrogen) atoms. The van der Waals surface area contributed by atoms with Crippen LogP contribution in [0.1, 0.15) is 37.3 Å². The molecule has 0 radical (unpaired) electrons. The zero-order valence-corrected chi connectivity index (χ0v) is 11.2. The minimum atomic E-state index is 0.0786. The molecule has 0 aliphatic heterocycles. The monoisotopic (exact) mass is 233 g/mol. The number of benzene rings is 1. The molecule has 1 aromatic rings. The van der Waals surface area contributed by atoms with Crippen molar-refractivity contribution in [3.05, 3.63) is 29.3 Å². The van der Waals surface area contributed by atoms with Crippen molar-refractivity contribution in [2.45, 2.75) is 45.6 Å². The van der Waals surface area contributed by atoms with E-state index in [0.717, 1.165) is 18.8 Å². The lowest BCUT2D eigenvalue weighted by atomic mass is 10.1. The molecule has 2 rings (SSSR count). The lowest BCUT2D eigenvalue weighted by molar-refractivity contribution is 0.174. The summed E-state index contributed by atoms with van der Waals surface area (Å²) in [5, 5.41) is 3.46. The van der Waals surface area contributed by atoms with Crippen LogP contribution in [0.5, 0.6) is 5.75 Å². The van der Waals surface area contributed by atoms with Crippen molar-refractivity contribution in [1.29, 1.82) is 0 Å². The summed E-state index contributed by atoms with van der Waals surface area (Å²) in [5.74, 6) is 1.05. The second kappa shape index (κ2) is 5.09. The van der Waals surface area contributed by atoms with Gasteiger partial charge in [-0.2, -0.15) is 0 Å². The molecule has 1 aromatic carbocycles. The number of rotatable bonds is 6. The summed E-state index contributed by atoms with van der Waals surface area (Å²) < 4.78 is 6.18. The van der Waals surface area contributed by atoms with Crippen molar-refractivity contribution in [3.63, 3.8) is 0 Å². The van der Waals surface area contributed by atoms with Crippen LogP contribution >= 0.6 is 0 Å². The molecule has 1 aliphatic rings. The fourth-order valence-electron chi connectivity index (χ4n) is 2.09. The van der Waals surface area contributed by atoms with Crippen molar-refractivity contribution in [2.75, 3.05) is 13.1 Å². The Bertz CT molecular complexity index is 383. The first kappa shape index (κ1) is 12.4. The molecule has 0 spiro atoms. The van der Waals surface area contributed by atoms with E-state index in [-0.39, 0.29) is 5.60 Å². The molecule has 0 bridgehead atoms. The number of hydrogen-bond acceptors (Lipinski definition) is 2. The molecule has 1 fully saturated rings. The van der Waals surface area contributed by atoms with Gasteiger partial charge in [-0.25, -0.2) is 0 Å². The third-order valence-corrected chi connectivity index (χ3v) is 3.34. The van der Waals surface area contributed by atoms with Gasteiger partial charge in [0.15, 0.2) is 0 Å². The summed E-state index contributed by atoms with van der Waals surface area (Å²) >= 11 is 0. The fraction of sp³-hybridized carbons (Fsp3) is 0.600. The first-order valence-corrected chi connectivity index (χ1v) is 6.62. The summed E-state index contributed by atoms with van der Waals surface area (Å²) in [6.07, 6.45) is 3.54. The van der Waals surface area contributed by atoms with Gasteiger partial charge in [-0.3, -0.25) is 0 Å². The molecule has 2 nitrogen and oxygen atoms in total. The van der Waals surface area contributed by atoms with Crippen LogP contribution in [0.2, 0.25) is 0 Å². The van der Waals surface area contributed by atoms with Gasteiger partial charge >= 0.3 is 0 Å². The number of aryl methyl sites for hydroxylation is 2. The highest BCUT2D eigenvalue weighted by Gasteiger charge is 2.45. The zero-order valence-electron chi connectivity index (χ0n) is 11.2. The SMILES string of the molecule is CCCNCC1(Oc2ccc(C)cc2C)CC1. The van der Waals surface area contributed by atoms with Crippen molar-refractivity contribution < 1.29 is 4.74 Å². The van der Waals surface area contributed by atoms with Gasteiger partial charge in [0, 0.05) is 6.54 Å². The van der Waals surface area contributed by atoms with Crippen molar-refractivity contribution in [1.82, 2.24) is 5.32 Å². The molecule has 0 saturated heterocycles. The third kappa shape index (κ3) is 3.22. The topological polar surface area (TPSA) is 21.3 Å². The van der Waals surface area contributed by atoms with E-state index in [0.29, 0.717) is 0 Å². The van der Waals surface area contributed by atoms with Crippen molar-refractivity contribution in [2.24, 2.45) is 0 Å². The molecular weight excluding hydrogens is 210 g/mol. The average Bonchev–Trinajstić information content (AvgIpc) is 3.03. The number of ether oxygens (including phenoxy) is 1. The van der Waals surface area contributed by atoms with Crippen molar-refractivity contribution in [3.8, 4) is 5.75 Å². The van der Waals surface area contributed by atoms with Crippen LogP contribution in [0.3, 0.4) is 0 Å². The van der Waals surface area contributed by atoms with Crippen LogP contribution in [0.15, 0.2) is 18.2 Å². The Kier molecular flexibility index (Phi) is 3.72. The Hall–Kier alpha value is -1.02. The van der Waals surface area contributed by atoms with Gasteiger partial charge in [0.25, 0.3) is 0 Å². The maximum absolute atomic E-state index is 6.18. The van der Waals surface area contributed by atoms with Crippen molar-refractivity contribution >= 4 is 0 Å². The fourth-order valence-corrected chi connectivity index (χ4v) is 2.09. The predicted octanol–water partition coefficient (Wildman–Crippen LogP) is 3.21. The molecule has 0 aromatic heterocycles. The van der Waals surface area contributed by atoms with Crippen LogP contribution in [0.25, 0.3) is 0 Å². The number of hydrogen-bond donors (Lipinski definition) is 1. The highest BCUT2D eigenvalue weighted by Crippen LogP contribution is 2.40. The maximum atomic E-state index is 6.18. The highest BCUT2D eigenvalue weighted by molar-refractivity contribution is 5.36. The summed E-state index contributed by atoms with van der Waals surface area (Å²) in [7, 11) is 0. The molecule has 1 N–H and O–H groups in total. The second-order valence-corrected chi connectivity index (χ2v) is 5.23. The molecule has 1 saturated carbocycles. The first-order chi connectivity index (χ1) is 8.15. The van der Waals surface area contributed by atoms with E-state index in [1.54, 1.807) is 0 Å². The van der Waals surface area contributed by atoms with Crippen LogP contribution in [0, 0.1) is 13.8 Å². The quantitative estimate of drug-likeness (QED) is 0.762. The van der Waals surface area contributed by atoms with E-state index in [1.165, 1.54) is 30.4 Å². The van der Waals surface area contributed by atoms with Gasteiger partial charge < -0.3 is 10.1 Å². The Morgan fingerprint density at radius 2 is 2.06 bits per heavy atom. The molecule has 0 atom stereocenters. The minimum absolute atomic E-state index is 0.0786. The maximum Gasteiger partial charge on any atom is 0.123 e. The summed E-state index contributed by atoms with van der Waals surface area (Å²) in [5.41, 5.74) is 2.62. The van der Waals surface area contributed by atoms with E-state index in [2.05, 4.69) is 44.3 Å². The van der Waals surface area contributed by atoms with E-state index in [9.17, 15) is 0 Å². The normalized spacial score (nSPS) is 16.9. The molecular formula is C15H23NO. The van der Waals surface area contributed by atoms with Crippen LogP contribution in [-0.2, 0) is 0 Å². The standard InChI is InChI=1S/C15H23NO/c1-4-9-16-11-15(7-8-15)17-14-6-5-12(2)10-13(14)3/h5-6,10,16H,4,7-9,11H2,1-3H3. The minimum Gasteiger partial charge on any atom is -0.486 e. The van der Waals surface area contributed by atoms with E-state index in [4.69, 9.17) is 4.74 Å². The Balaban J connectivity index is 1.95. The van der Waals surface area contributed by atoms with Crippen LogP contribution < -0.4 is 10.1 Å². The molecule has 0 heterocycles. The average molecular weight is 233 g/mol. The van der Waals surface area contributed by atoms with Gasteiger partial charge in [0.2, 0.25) is 0 Å². The summed E-state index contributed by atoms with van der Waals surface area (Å²) in [6, 6.07) is 6.41. The highest BCUT2D eigenvalue weighted by atomic mass is 16.5. The smallest absolute Gasteiger partial charge is 0.123 e. The van der Waals surface area contributed by atoms with E-state index in [1.807, 2.05) is 0 Å². The van der Waals surface area contributed by atoms with Crippen LogP contribution in [0.4, 0.5) is 0 Å². The molecule has 0 unspecified atom stereocenters. The number of nitrogens with one attached hydrogen (secondary N) is 1. The molecule has 2 heteroatoms. The Morgan fingerprint density at radius 3 is 2.65 bits per heavy atom. The van der Waals surface area contributed by atoms with Gasteiger partial charge in [0.05, 0.1) is 0 Å². The lowest BCUT2D eigenvalue weighted by Gasteiger charge is -2.20. The Morgan fingerprint density at radius 1 is 1.29 bits per heavy atom.